The smallest absolute Gasteiger partial charge is 0.139 e. The van der Waals surface area contributed by atoms with E-state index in [1.165, 1.54) is 0 Å². The van der Waals surface area contributed by atoms with Crippen LogP contribution in [0.4, 0.5) is 5.82 Å². The van der Waals surface area contributed by atoms with Gasteiger partial charge in [0.25, 0.3) is 0 Å². The Hall–Kier alpha value is -2.01. The number of imidazole rings is 1. The van der Waals surface area contributed by atoms with Crippen LogP contribution in [0.2, 0.25) is 5.02 Å². The lowest BCUT2D eigenvalue weighted by Crippen LogP contribution is -1.94. The van der Waals surface area contributed by atoms with E-state index in [0.717, 1.165) is 23.4 Å². The van der Waals surface area contributed by atoms with Crippen LogP contribution in [0.15, 0.2) is 30.7 Å². The van der Waals surface area contributed by atoms with Crippen molar-refractivity contribution >= 4 is 23.1 Å². The molecule has 0 aliphatic heterocycles. The van der Waals surface area contributed by atoms with Crippen LogP contribution in [-0.2, 0) is 6.54 Å². The minimum absolute atomic E-state index is 0.572. The molecule has 0 saturated heterocycles. The van der Waals surface area contributed by atoms with Gasteiger partial charge in [-0.3, -0.25) is 9.08 Å². The Labute approximate surface area is 109 Å². The number of nitrogen functional groups attached to an aromatic ring is 1. The highest BCUT2D eigenvalue weighted by Gasteiger charge is 2.12. The van der Waals surface area contributed by atoms with Gasteiger partial charge in [-0.2, -0.15) is 5.10 Å². The second kappa shape index (κ2) is 4.03. The third kappa shape index (κ3) is 1.64. The van der Waals surface area contributed by atoms with Gasteiger partial charge < -0.3 is 5.73 Å². The molecule has 0 saturated carbocycles. The summed E-state index contributed by atoms with van der Waals surface area (Å²) in [4.78, 5) is 4.50. The fraction of sp³-hybridized carbons (Fsp3) is 0.167. The average molecular weight is 262 g/mol. The zero-order valence-electron chi connectivity index (χ0n) is 9.84. The predicted molar refractivity (Wildman–Crippen MR) is 71.5 cm³/mol. The van der Waals surface area contributed by atoms with E-state index in [-0.39, 0.29) is 0 Å². The van der Waals surface area contributed by atoms with Crippen LogP contribution < -0.4 is 5.73 Å². The largest absolute Gasteiger partial charge is 0.383 e. The Balaban J connectivity index is 2.20. The third-order valence-electron chi connectivity index (χ3n) is 2.85. The molecule has 0 fully saturated rings. The van der Waals surface area contributed by atoms with Gasteiger partial charge in [-0.15, -0.1) is 0 Å². The first-order chi connectivity index (χ1) is 8.69. The molecule has 0 atom stereocenters. The fourth-order valence-corrected chi connectivity index (χ4v) is 2.07. The van der Waals surface area contributed by atoms with Gasteiger partial charge in [0.2, 0.25) is 0 Å². The molecule has 5 nitrogen and oxygen atoms in total. The Morgan fingerprint density at radius 1 is 1.33 bits per heavy atom. The molecule has 0 aliphatic carbocycles. The first kappa shape index (κ1) is 11.1. The number of anilines is 1. The molecule has 3 aromatic rings. The minimum Gasteiger partial charge on any atom is -0.383 e. The summed E-state index contributed by atoms with van der Waals surface area (Å²) in [5.74, 6) is 0.572. The SMILES string of the molecule is CCn1cc(-c2nc3ccc(Cl)cn3c2N)cn1. The second-order valence-electron chi connectivity index (χ2n) is 4.01. The van der Waals surface area contributed by atoms with Crippen molar-refractivity contribution in [3.8, 4) is 11.3 Å². The number of rotatable bonds is 2. The van der Waals surface area contributed by atoms with Gasteiger partial charge in [-0.1, -0.05) is 11.6 Å². The van der Waals surface area contributed by atoms with E-state index in [4.69, 9.17) is 17.3 Å². The van der Waals surface area contributed by atoms with Crippen molar-refractivity contribution < 1.29 is 0 Å². The van der Waals surface area contributed by atoms with Crippen molar-refractivity contribution in [2.45, 2.75) is 13.5 Å². The van der Waals surface area contributed by atoms with E-state index < -0.39 is 0 Å². The summed E-state index contributed by atoms with van der Waals surface area (Å²) in [5, 5.41) is 4.85. The maximum absolute atomic E-state index is 6.10. The minimum atomic E-state index is 0.572. The topological polar surface area (TPSA) is 61.1 Å². The van der Waals surface area contributed by atoms with E-state index in [9.17, 15) is 0 Å². The molecule has 92 valence electrons. The summed E-state index contributed by atoms with van der Waals surface area (Å²) >= 11 is 5.95. The maximum Gasteiger partial charge on any atom is 0.139 e. The quantitative estimate of drug-likeness (QED) is 0.771. The van der Waals surface area contributed by atoms with Crippen LogP contribution in [0.5, 0.6) is 0 Å². The molecule has 3 heterocycles. The molecule has 0 unspecified atom stereocenters. The van der Waals surface area contributed by atoms with Crippen LogP contribution in [-0.4, -0.2) is 19.2 Å². The van der Waals surface area contributed by atoms with Crippen LogP contribution >= 0.6 is 11.6 Å². The first-order valence-electron chi connectivity index (χ1n) is 5.65. The summed E-state index contributed by atoms with van der Waals surface area (Å²) in [6.07, 6.45) is 5.45. The number of fused-ring (bicyclic) bond motifs is 1. The molecular weight excluding hydrogens is 250 g/mol. The Morgan fingerprint density at radius 3 is 2.89 bits per heavy atom. The van der Waals surface area contributed by atoms with Crippen molar-refractivity contribution in [3.05, 3.63) is 35.7 Å². The van der Waals surface area contributed by atoms with Gasteiger partial charge in [0.1, 0.15) is 17.2 Å². The zero-order chi connectivity index (χ0) is 12.7. The molecule has 3 aromatic heterocycles. The molecule has 2 N–H and O–H groups in total. The van der Waals surface area contributed by atoms with Gasteiger partial charge in [-0.25, -0.2) is 4.98 Å². The Bertz CT molecular complexity index is 712. The number of aryl methyl sites for hydroxylation is 1. The zero-order valence-corrected chi connectivity index (χ0v) is 10.6. The lowest BCUT2D eigenvalue weighted by atomic mass is 10.2. The fourth-order valence-electron chi connectivity index (χ4n) is 1.91. The highest BCUT2D eigenvalue weighted by molar-refractivity contribution is 6.30. The number of hydrogen-bond acceptors (Lipinski definition) is 3. The van der Waals surface area contributed by atoms with Gasteiger partial charge in [0.05, 0.1) is 11.2 Å². The highest BCUT2D eigenvalue weighted by atomic mass is 35.5. The Morgan fingerprint density at radius 2 is 2.17 bits per heavy atom. The van der Waals surface area contributed by atoms with E-state index in [1.807, 2.05) is 23.9 Å². The summed E-state index contributed by atoms with van der Waals surface area (Å²) in [6.45, 7) is 2.85. The van der Waals surface area contributed by atoms with Gasteiger partial charge in [0, 0.05) is 24.5 Å². The van der Waals surface area contributed by atoms with Crippen molar-refractivity contribution in [3.63, 3.8) is 0 Å². The van der Waals surface area contributed by atoms with E-state index in [1.54, 1.807) is 22.9 Å². The van der Waals surface area contributed by atoms with E-state index in [0.29, 0.717) is 10.8 Å². The second-order valence-corrected chi connectivity index (χ2v) is 4.44. The molecule has 3 rings (SSSR count). The molecule has 6 heteroatoms. The van der Waals surface area contributed by atoms with Crippen molar-refractivity contribution in [1.29, 1.82) is 0 Å². The molecule has 0 spiro atoms. The summed E-state index contributed by atoms with van der Waals surface area (Å²) in [7, 11) is 0. The molecular formula is C12H12ClN5. The van der Waals surface area contributed by atoms with Gasteiger partial charge >= 0.3 is 0 Å². The van der Waals surface area contributed by atoms with Crippen molar-refractivity contribution in [2.75, 3.05) is 5.73 Å². The highest BCUT2D eigenvalue weighted by Crippen LogP contribution is 2.26. The van der Waals surface area contributed by atoms with Crippen LogP contribution in [0, 0.1) is 0 Å². The number of pyridine rings is 1. The van der Waals surface area contributed by atoms with Crippen LogP contribution in [0.1, 0.15) is 6.92 Å². The summed E-state index contributed by atoms with van der Waals surface area (Å²) in [6, 6.07) is 3.63. The summed E-state index contributed by atoms with van der Waals surface area (Å²) in [5.41, 5.74) is 8.51. The van der Waals surface area contributed by atoms with Gasteiger partial charge in [-0.05, 0) is 19.1 Å². The number of aromatic nitrogens is 4. The predicted octanol–water partition coefficient (Wildman–Crippen LogP) is 2.45. The van der Waals surface area contributed by atoms with Crippen molar-refractivity contribution in [2.24, 2.45) is 0 Å². The molecule has 0 radical (unpaired) electrons. The number of halogens is 1. The number of hydrogen-bond donors (Lipinski definition) is 1. The normalized spacial score (nSPS) is 11.2. The maximum atomic E-state index is 6.10. The number of nitrogens with zero attached hydrogens (tertiary/aromatic N) is 4. The molecule has 0 aliphatic rings. The lowest BCUT2D eigenvalue weighted by Gasteiger charge is -1.97. The number of nitrogens with two attached hydrogens (primary N) is 1. The average Bonchev–Trinajstić information content (AvgIpc) is 2.95. The third-order valence-corrected chi connectivity index (χ3v) is 3.07. The van der Waals surface area contributed by atoms with Crippen LogP contribution in [0.3, 0.4) is 0 Å². The molecule has 0 amide bonds. The molecule has 18 heavy (non-hydrogen) atoms. The first-order valence-corrected chi connectivity index (χ1v) is 6.02. The van der Waals surface area contributed by atoms with Crippen molar-refractivity contribution in [1.82, 2.24) is 19.2 Å². The van der Waals surface area contributed by atoms with E-state index in [2.05, 4.69) is 10.1 Å². The van der Waals surface area contributed by atoms with Gasteiger partial charge in [0.15, 0.2) is 0 Å². The Kier molecular flexibility index (Phi) is 2.48. The van der Waals surface area contributed by atoms with Crippen LogP contribution in [0.25, 0.3) is 16.9 Å². The molecule has 0 aromatic carbocycles. The molecule has 0 bridgehead atoms. The lowest BCUT2D eigenvalue weighted by molar-refractivity contribution is 0.660. The monoisotopic (exact) mass is 261 g/mol. The standard InChI is InChI=1S/C12H12ClN5/c1-2-17-6-8(5-15-17)11-12(14)18-7-9(13)3-4-10(18)16-11/h3-7H,2,14H2,1H3. The van der Waals surface area contributed by atoms with E-state index >= 15 is 0 Å². The summed E-state index contributed by atoms with van der Waals surface area (Å²) < 4.78 is 3.62.